The van der Waals surface area contributed by atoms with Crippen LogP contribution in [0.3, 0.4) is 0 Å². The molecule has 1 aromatic heterocycles. The minimum absolute atomic E-state index is 0.0266. The molecule has 1 unspecified atom stereocenters. The molecule has 2 rings (SSSR count). The SMILES string of the molecule is CC(C)C(CCl)NC(=O)c1cc2c(s1)CCSC2. The quantitative estimate of drug-likeness (QED) is 0.862. The summed E-state index contributed by atoms with van der Waals surface area (Å²) in [5.41, 5.74) is 1.34. The summed E-state index contributed by atoms with van der Waals surface area (Å²) in [5.74, 6) is 3.06. The van der Waals surface area contributed by atoms with Crippen molar-refractivity contribution >= 4 is 40.6 Å². The molecule has 0 aromatic carbocycles. The van der Waals surface area contributed by atoms with Gasteiger partial charge in [-0.25, -0.2) is 0 Å². The van der Waals surface area contributed by atoms with Crippen LogP contribution in [0.1, 0.15) is 34.0 Å². The Balaban J connectivity index is 2.06. The highest BCUT2D eigenvalue weighted by Gasteiger charge is 2.20. The van der Waals surface area contributed by atoms with Crippen molar-refractivity contribution in [3.63, 3.8) is 0 Å². The molecule has 100 valence electrons. The number of alkyl halides is 1. The normalized spacial score (nSPS) is 16.4. The van der Waals surface area contributed by atoms with Crippen LogP contribution in [0.5, 0.6) is 0 Å². The highest BCUT2D eigenvalue weighted by atomic mass is 35.5. The van der Waals surface area contributed by atoms with Gasteiger partial charge in [0.05, 0.1) is 4.88 Å². The molecule has 2 heterocycles. The fraction of sp³-hybridized carbons (Fsp3) is 0.615. The molecule has 5 heteroatoms. The van der Waals surface area contributed by atoms with Gasteiger partial charge in [-0.15, -0.1) is 22.9 Å². The Morgan fingerprint density at radius 1 is 1.56 bits per heavy atom. The maximum absolute atomic E-state index is 12.2. The minimum Gasteiger partial charge on any atom is -0.347 e. The summed E-state index contributed by atoms with van der Waals surface area (Å²) in [5, 5.41) is 3.02. The fourth-order valence-electron chi connectivity index (χ4n) is 1.88. The zero-order valence-electron chi connectivity index (χ0n) is 10.7. The average molecular weight is 304 g/mol. The third-order valence-electron chi connectivity index (χ3n) is 3.14. The topological polar surface area (TPSA) is 29.1 Å². The summed E-state index contributed by atoms with van der Waals surface area (Å²) >= 11 is 9.46. The first kappa shape index (κ1) is 14.2. The van der Waals surface area contributed by atoms with Crippen LogP contribution in [-0.4, -0.2) is 23.6 Å². The zero-order valence-corrected chi connectivity index (χ0v) is 13.1. The third-order valence-corrected chi connectivity index (χ3v) is 5.72. The van der Waals surface area contributed by atoms with Gasteiger partial charge in [-0.3, -0.25) is 4.79 Å². The Hall–Kier alpha value is -0.190. The maximum Gasteiger partial charge on any atom is 0.261 e. The predicted octanol–water partition coefficient (Wildman–Crippen LogP) is 3.53. The molecule has 2 nitrogen and oxygen atoms in total. The molecule has 0 spiro atoms. The Morgan fingerprint density at radius 2 is 2.33 bits per heavy atom. The van der Waals surface area contributed by atoms with Gasteiger partial charge in [0, 0.05) is 22.6 Å². The van der Waals surface area contributed by atoms with Gasteiger partial charge in [0.2, 0.25) is 0 Å². The summed E-state index contributed by atoms with van der Waals surface area (Å²) in [6, 6.07) is 2.10. The van der Waals surface area contributed by atoms with Crippen LogP contribution in [-0.2, 0) is 12.2 Å². The summed E-state index contributed by atoms with van der Waals surface area (Å²) in [6.45, 7) is 4.15. The standard InChI is InChI=1S/C13H18ClNOS2/c1-8(2)10(6-14)15-13(16)12-5-9-7-17-4-3-11(9)18-12/h5,8,10H,3-4,6-7H2,1-2H3,(H,15,16). The monoisotopic (exact) mass is 303 g/mol. The first-order valence-electron chi connectivity index (χ1n) is 6.18. The Labute approximate surface area is 121 Å². The Bertz CT molecular complexity index is 407. The lowest BCUT2D eigenvalue weighted by atomic mass is 10.1. The van der Waals surface area contributed by atoms with E-state index in [1.165, 1.54) is 16.2 Å². The molecule has 0 bridgehead atoms. The zero-order chi connectivity index (χ0) is 13.1. The van der Waals surface area contributed by atoms with Crippen molar-refractivity contribution in [1.82, 2.24) is 5.32 Å². The van der Waals surface area contributed by atoms with E-state index in [2.05, 4.69) is 19.2 Å². The Kier molecular flexibility index (Phi) is 4.98. The lowest BCUT2D eigenvalue weighted by Crippen LogP contribution is -2.39. The lowest BCUT2D eigenvalue weighted by molar-refractivity contribution is 0.0935. The number of thiophene rings is 1. The number of nitrogens with one attached hydrogen (secondary N) is 1. The van der Waals surface area contributed by atoms with E-state index in [9.17, 15) is 4.79 Å². The van der Waals surface area contributed by atoms with Gasteiger partial charge in [0.25, 0.3) is 5.91 Å². The summed E-state index contributed by atoms with van der Waals surface area (Å²) < 4.78 is 0. The molecule has 0 fully saturated rings. The highest BCUT2D eigenvalue weighted by Crippen LogP contribution is 2.31. The molecule has 0 saturated carbocycles. The van der Waals surface area contributed by atoms with Crippen LogP contribution in [0.25, 0.3) is 0 Å². The predicted molar refractivity (Wildman–Crippen MR) is 81.0 cm³/mol. The van der Waals surface area contributed by atoms with Gasteiger partial charge in [-0.2, -0.15) is 11.8 Å². The van der Waals surface area contributed by atoms with Crippen molar-refractivity contribution in [2.24, 2.45) is 5.92 Å². The van der Waals surface area contributed by atoms with Crippen LogP contribution in [0.2, 0.25) is 0 Å². The van der Waals surface area contributed by atoms with Gasteiger partial charge in [-0.05, 0) is 29.7 Å². The number of thioether (sulfide) groups is 1. The van der Waals surface area contributed by atoms with Crippen LogP contribution in [0, 0.1) is 5.92 Å². The fourth-order valence-corrected chi connectivity index (χ4v) is 4.59. The van der Waals surface area contributed by atoms with E-state index >= 15 is 0 Å². The van der Waals surface area contributed by atoms with Crippen molar-refractivity contribution in [3.8, 4) is 0 Å². The largest absolute Gasteiger partial charge is 0.347 e. The van der Waals surface area contributed by atoms with Crippen molar-refractivity contribution in [2.45, 2.75) is 32.1 Å². The van der Waals surface area contributed by atoms with Crippen molar-refractivity contribution in [1.29, 1.82) is 0 Å². The number of halogens is 1. The van der Waals surface area contributed by atoms with Crippen molar-refractivity contribution < 1.29 is 4.79 Å². The number of carbonyl (C=O) groups is 1. The van der Waals surface area contributed by atoms with E-state index < -0.39 is 0 Å². The molecular weight excluding hydrogens is 286 g/mol. The number of fused-ring (bicyclic) bond motifs is 1. The number of hydrogen-bond donors (Lipinski definition) is 1. The van der Waals surface area contributed by atoms with E-state index in [0.717, 1.165) is 17.1 Å². The number of aryl methyl sites for hydroxylation is 1. The number of hydrogen-bond acceptors (Lipinski definition) is 3. The molecule has 1 aliphatic rings. The molecular formula is C13H18ClNOS2. The maximum atomic E-state index is 12.2. The number of carbonyl (C=O) groups excluding carboxylic acids is 1. The van der Waals surface area contributed by atoms with E-state index in [-0.39, 0.29) is 11.9 Å². The molecule has 0 radical (unpaired) electrons. The van der Waals surface area contributed by atoms with Crippen molar-refractivity contribution in [3.05, 3.63) is 21.4 Å². The smallest absolute Gasteiger partial charge is 0.261 e. The second-order valence-corrected chi connectivity index (χ2v) is 7.39. The highest BCUT2D eigenvalue weighted by molar-refractivity contribution is 7.98. The number of amides is 1. The molecule has 1 N–H and O–H groups in total. The van der Waals surface area contributed by atoms with E-state index in [1.807, 2.05) is 17.8 Å². The van der Waals surface area contributed by atoms with Gasteiger partial charge < -0.3 is 5.32 Å². The summed E-state index contributed by atoms with van der Waals surface area (Å²) in [6.07, 6.45) is 1.10. The molecule has 1 atom stereocenters. The van der Waals surface area contributed by atoms with E-state index in [0.29, 0.717) is 11.8 Å². The van der Waals surface area contributed by atoms with Crippen molar-refractivity contribution in [2.75, 3.05) is 11.6 Å². The van der Waals surface area contributed by atoms with E-state index in [1.54, 1.807) is 11.3 Å². The molecule has 1 aromatic rings. The molecule has 0 aliphatic carbocycles. The number of rotatable bonds is 4. The van der Waals surface area contributed by atoms with Gasteiger partial charge in [0.1, 0.15) is 0 Å². The first-order chi connectivity index (χ1) is 8.61. The first-order valence-corrected chi connectivity index (χ1v) is 8.68. The molecule has 1 aliphatic heterocycles. The van der Waals surface area contributed by atoms with Gasteiger partial charge in [-0.1, -0.05) is 13.8 Å². The Morgan fingerprint density at radius 3 is 2.94 bits per heavy atom. The third kappa shape index (κ3) is 3.22. The van der Waals surface area contributed by atoms with E-state index in [4.69, 9.17) is 11.6 Å². The lowest BCUT2D eigenvalue weighted by Gasteiger charge is -2.19. The summed E-state index contributed by atoms with van der Waals surface area (Å²) in [7, 11) is 0. The summed E-state index contributed by atoms with van der Waals surface area (Å²) in [4.78, 5) is 14.4. The molecule has 1 amide bonds. The second-order valence-electron chi connectivity index (χ2n) is 4.84. The van der Waals surface area contributed by atoms with Gasteiger partial charge in [0.15, 0.2) is 0 Å². The van der Waals surface area contributed by atoms with Gasteiger partial charge >= 0.3 is 0 Å². The van der Waals surface area contributed by atoms with Crippen LogP contribution >= 0.6 is 34.7 Å². The molecule has 18 heavy (non-hydrogen) atoms. The van der Waals surface area contributed by atoms with Crippen LogP contribution in [0.15, 0.2) is 6.07 Å². The molecule has 0 saturated heterocycles. The van der Waals surface area contributed by atoms with Crippen LogP contribution < -0.4 is 5.32 Å². The minimum atomic E-state index is 0.0266. The average Bonchev–Trinajstić information content (AvgIpc) is 2.79. The van der Waals surface area contributed by atoms with Crippen LogP contribution in [0.4, 0.5) is 0 Å². The second kappa shape index (κ2) is 6.31.